The molecular weight excluding hydrogens is 370 g/mol. The lowest BCUT2D eigenvalue weighted by atomic mass is 9.93. The minimum atomic E-state index is -0.666. The van der Waals surface area contributed by atoms with Gasteiger partial charge >= 0.3 is 5.97 Å². The number of esters is 1. The Bertz CT molecular complexity index is 865. The predicted octanol–water partition coefficient (Wildman–Crippen LogP) is 1.51. The van der Waals surface area contributed by atoms with E-state index in [1.807, 2.05) is 6.20 Å². The summed E-state index contributed by atoms with van der Waals surface area (Å²) >= 11 is 0. The van der Waals surface area contributed by atoms with Crippen LogP contribution in [-0.4, -0.2) is 46.5 Å². The zero-order valence-corrected chi connectivity index (χ0v) is 15.5. The molecule has 9 heteroatoms. The highest BCUT2D eigenvalue weighted by Crippen LogP contribution is 2.34. The molecule has 1 saturated heterocycles. The van der Waals surface area contributed by atoms with Crippen molar-refractivity contribution in [1.82, 2.24) is 14.7 Å². The Morgan fingerprint density at radius 2 is 2.21 bits per heavy atom. The molecule has 1 aromatic heterocycles. The third kappa shape index (κ3) is 3.65. The second-order valence-corrected chi connectivity index (χ2v) is 7.25. The molecule has 2 N–H and O–H groups in total. The maximum atomic E-state index is 14.1. The molecule has 0 unspecified atom stereocenters. The molecule has 2 aliphatic heterocycles. The van der Waals surface area contributed by atoms with Crippen molar-refractivity contribution in [2.45, 2.75) is 44.2 Å². The lowest BCUT2D eigenvalue weighted by Gasteiger charge is -2.38. The smallest absolute Gasteiger partial charge is 0.327 e. The predicted molar refractivity (Wildman–Crippen MR) is 94.9 cm³/mol. The van der Waals surface area contributed by atoms with Crippen LogP contribution < -0.4 is 5.73 Å². The number of halogens is 2. The van der Waals surface area contributed by atoms with Crippen LogP contribution in [0.1, 0.15) is 29.3 Å². The average Bonchev–Trinajstić information content (AvgIpc) is 3.22. The number of hydrogen-bond donors (Lipinski definition) is 1. The number of carbonyl (C=O) groups is 1. The molecule has 1 aromatic carbocycles. The van der Waals surface area contributed by atoms with Crippen LogP contribution in [0.4, 0.5) is 8.78 Å². The van der Waals surface area contributed by atoms with Crippen LogP contribution in [-0.2, 0) is 33.9 Å². The van der Waals surface area contributed by atoms with Crippen LogP contribution in [0, 0.1) is 11.6 Å². The van der Waals surface area contributed by atoms with Crippen molar-refractivity contribution in [3.63, 3.8) is 0 Å². The summed E-state index contributed by atoms with van der Waals surface area (Å²) < 4.78 is 39.6. The van der Waals surface area contributed by atoms with Crippen molar-refractivity contribution in [2.24, 2.45) is 5.73 Å². The number of ether oxygens (including phenoxy) is 2. The van der Waals surface area contributed by atoms with Gasteiger partial charge in [-0.05, 0) is 24.6 Å². The molecule has 2 aromatic rings. The van der Waals surface area contributed by atoms with Crippen LogP contribution in [0.2, 0.25) is 0 Å². The van der Waals surface area contributed by atoms with Crippen LogP contribution >= 0.6 is 0 Å². The molecule has 4 rings (SSSR count). The summed E-state index contributed by atoms with van der Waals surface area (Å²) in [6.07, 6.45) is 1.79. The Balaban J connectivity index is 1.39. The van der Waals surface area contributed by atoms with Gasteiger partial charge in [0.25, 0.3) is 0 Å². The number of rotatable bonds is 4. The fourth-order valence-corrected chi connectivity index (χ4v) is 3.92. The Morgan fingerprint density at radius 1 is 1.39 bits per heavy atom. The Morgan fingerprint density at radius 3 is 2.93 bits per heavy atom. The largest absolute Gasteiger partial charge is 0.468 e. The van der Waals surface area contributed by atoms with Gasteiger partial charge in [0.05, 0.1) is 19.4 Å². The molecule has 2 aliphatic rings. The maximum Gasteiger partial charge on any atom is 0.327 e. The van der Waals surface area contributed by atoms with Crippen LogP contribution in [0.5, 0.6) is 0 Å². The van der Waals surface area contributed by atoms with Crippen molar-refractivity contribution in [1.29, 1.82) is 0 Å². The van der Waals surface area contributed by atoms with Crippen molar-refractivity contribution in [2.75, 3.05) is 13.7 Å². The molecule has 0 bridgehead atoms. The number of carbonyl (C=O) groups excluding carboxylic acids is 1. The van der Waals surface area contributed by atoms with E-state index < -0.39 is 23.8 Å². The summed E-state index contributed by atoms with van der Waals surface area (Å²) in [5, 5.41) is 4.44. The summed E-state index contributed by atoms with van der Waals surface area (Å²) in [7, 11) is 1.34. The van der Waals surface area contributed by atoms with Gasteiger partial charge in [-0.2, -0.15) is 5.10 Å². The molecule has 3 atom stereocenters. The topological polar surface area (TPSA) is 82.6 Å². The molecule has 0 spiro atoms. The lowest BCUT2D eigenvalue weighted by molar-refractivity contribution is -0.141. The highest BCUT2D eigenvalue weighted by atomic mass is 19.1. The summed E-state index contributed by atoms with van der Waals surface area (Å²) in [6, 6.07) is 2.94. The number of fused-ring (bicyclic) bond motifs is 1. The summed E-state index contributed by atoms with van der Waals surface area (Å²) in [4.78, 5) is 13.6. The molecule has 7 nitrogen and oxygen atoms in total. The van der Waals surface area contributed by atoms with E-state index in [0.29, 0.717) is 26.1 Å². The van der Waals surface area contributed by atoms with Crippen LogP contribution in [0.3, 0.4) is 0 Å². The highest BCUT2D eigenvalue weighted by molar-refractivity contribution is 5.68. The fourth-order valence-electron chi connectivity index (χ4n) is 3.92. The number of nitrogens with zero attached hydrogens (tertiary/aromatic N) is 3. The van der Waals surface area contributed by atoms with Crippen molar-refractivity contribution < 1.29 is 23.0 Å². The van der Waals surface area contributed by atoms with Gasteiger partial charge in [-0.15, -0.1) is 0 Å². The first-order chi connectivity index (χ1) is 13.4. The molecule has 0 radical (unpaired) electrons. The SMILES string of the molecule is COC(=O)Cn1cc2c(n1)CN([C@H]1CO[C@H](c3cc(F)ccc3F)[C@@H](N)C1)C2. The lowest BCUT2D eigenvalue weighted by Crippen LogP contribution is -2.47. The highest BCUT2D eigenvalue weighted by Gasteiger charge is 2.37. The van der Waals surface area contributed by atoms with E-state index in [4.69, 9.17) is 10.5 Å². The van der Waals surface area contributed by atoms with Gasteiger partial charge in [0.2, 0.25) is 0 Å². The summed E-state index contributed by atoms with van der Waals surface area (Å²) in [6.45, 7) is 1.77. The van der Waals surface area contributed by atoms with E-state index >= 15 is 0 Å². The minimum absolute atomic E-state index is 0.0612. The summed E-state index contributed by atoms with van der Waals surface area (Å²) in [5.74, 6) is -1.37. The third-order valence-electron chi connectivity index (χ3n) is 5.35. The average molecular weight is 392 g/mol. The molecule has 0 saturated carbocycles. The first-order valence-corrected chi connectivity index (χ1v) is 9.12. The first-order valence-electron chi connectivity index (χ1n) is 9.12. The number of methoxy groups -OCH3 is 1. The van der Waals surface area contributed by atoms with Gasteiger partial charge in [0, 0.05) is 42.5 Å². The minimum Gasteiger partial charge on any atom is -0.468 e. The standard InChI is InChI=1S/C19H22F2N4O3/c1-27-18(26)9-25-7-11-6-24(8-17(11)23-25)13-5-16(22)19(28-10-13)14-4-12(20)2-3-15(14)21/h2-4,7,13,16,19H,5-6,8-10,22H2,1H3/t13-,16+,19-/m1/s1. The monoisotopic (exact) mass is 392 g/mol. The van der Waals surface area contributed by atoms with Gasteiger partial charge in [-0.1, -0.05) is 0 Å². The number of hydrogen-bond acceptors (Lipinski definition) is 6. The Labute approximate surface area is 161 Å². The molecule has 1 fully saturated rings. The molecule has 3 heterocycles. The van der Waals surface area contributed by atoms with E-state index in [0.717, 1.165) is 29.5 Å². The van der Waals surface area contributed by atoms with Gasteiger partial charge < -0.3 is 15.2 Å². The van der Waals surface area contributed by atoms with E-state index in [-0.39, 0.29) is 24.1 Å². The molecular formula is C19H22F2N4O3. The van der Waals surface area contributed by atoms with E-state index in [2.05, 4.69) is 14.7 Å². The van der Waals surface area contributed by atoms with Gasteiger partial charge in [-0.25, -0.2) is 8.78 Å². The van der Waals surface area contributed by atoms with E-state index in [9.17, 15) is 13.6 Å². The second-order valence-electron chi connectivity index (χ2n) is 7.25. The molecule has 0 amide bonds. The zero-order chi connectivity index (χ0) is 19.8. The molecule has 28 heavy (non-hydrogen) atoms. The first kappa shape index (κ1) is 19.0. The molecule has 0 aliphatic carbocycles. The maximum absolute atomic E-state index is 14.1. The fraction of sp³-hybridized carbons (Fsp3) is 0.474. The third-order valence-corrected chi connectivity index (χ3v) is 5.35. The van der Waals surface area contributed by atoms with E-state index in [1.54, 1.807) is 4.68 Å². The van der Waals surface area contributed by atoms with Crippen LogP contribution in [0.25, 0.3) is 0 Å². The van der Waals surface area contributed by atoms with E-state index in [1.165, 1.54) is 7.11 Å². The summed E-state index contributed by atoms with van der Waals surface area (Å²) in [5.41, 5.74) is 8.38. The number of aromatic nitrogens is 2. The Kier molecular flexibility index (Phi) is 5.13. The van der Waals surface area contributed by atoms with Gasteiger partial charge in [0.1, 0.15) is 24.3 Å². The van der Waals surface area contributed by atoms with Gasteiger partial charge in [-0.3, -0.25) is 14.4 Å². The Hall–Kier alpha value is -2.36. The van der Waals surface area contributed by atoms with Crippen molar-refractivity contribution in [3.8, 4) is 0 Å². The zero-order valence-electron chi connectivity index (χ0n) is 15.5. The second kappa shape index (κ2) is 7.57. The normalized spacial score (nSPS) is 24.9. The van der Waals surface area contributed by atoms with Crippen molar-refractivity contribution >= 4 is 5.97 Å². The number of benzene rings is 1. The quantitative estimate of drug-likeness (QED) is 0.795. The molecule has 150 valence electrons. The van der Waals surface area contributed by atoms with Crippen molar-refractivity contribution in [3.05, 3.63) is 52.9 Å². The number of nitrogens with two attached hydrogens (primary N) is 1. The van der Waals surface area contributed by atoms with Crippen LogP contribution in [0.15, 0.2) is 24.4 Å². The van der Waals surface area contributed by atoms with Gasteiger partial charge in [0.15, 0.2) is 0 Å².